The number of carbonyl (C=O) groups is 2. The fourth-order valence-corrected chi connectivity index (χ4v) is 3.92. The van der Waals surface area contributed by atoms with Crippen LogP contribution in [0.5, 0.6) is 0 Å². The van der Waals surface area contributed by atoms with E-state index < -0.39 is 0 Å². The number of nitrogens with zero attached hydrogens (tertiary/aromatic N) is 1. The van der Waals surface area contributed by atoms with Gasteiger partial charge in [0.05, 0.1) is 4.87 Å². The number of nitrogens with two attached hydrogens (primary N) is 1. The van der Waals surface area contributed by atoms with Crippen LogP contribution >= 0.6 is 24.2 Å². The highest BCUT2D eigenvalue weighted by molar-refractivity contribution is 8.01. The molecule has 0 aliphatic carbocycles. The highest BCUT2D eigenvalue weighted by atomic mass is 35.5. The summed E-state index contributed by atoms with van der Waals surface area (Å²) in [6.07, 6.45) is 1.41. The molecule has 2 aliphatic heterocycles. The van der Waals surface area contributed by atoms with Gasteiger partial charge in [0, 0.05) is 18.7 Å². The Bertz CT molecular complexity index is 369. The molecule has 3 atom stereocenters. The van der Waals surface area contributed by atoms with E-state index >= 15 is 0 Å². The summed E-state index contributed by atoms with van der Waals surface area (Å²) in [5, 5.41) is 2.90. The summed E-state index contributed by atoms with van der Waals surface area (Å²) in [7, 11) is 0. The van der Waals surface area contributed by atoms with E-state index in [2.05, 4.69) is 12.2 Å². The monoisotopic (exact) mass is 307 g/mol. The van der Waals surface area contributed by atoms with E-state index in [1.807, 2.05) is 6.92 Å². The van der Waals surface area contributed by atoms with Gasteiger partial charge in [-0.1, -0.05) is 6.92 Å². The first-order valence-corrected chi connectivity index (χ1v) is 7.40. The van der Waals surface area contributed by atoms with Crippen LogP contribution in [-0.4, -0.2) is 46.5 Å². The zero-order valence-electron chi connectivity index (χ0n) is 11.3. The first kappa shape index (κ1) is 16.6. The van der Waals surface area contributed by atoms with Crippen LogP contribution < -0.4 is 11.1 Å². The molecule has 7 heteroatoms. The molecule has 0 radical (unpaired) electrons. The molecule has 2 aliphatic rings. The Labute approximate surface area is 124 Å². The van der Waals surface area contributed by atoms with Gasteiger partial charge in [-0.2, -0.15) is 0 Å². The number of hydrogen-bond acceptors (Lipinski definition) is 4. The number of hydrogen-bond donors (Lipinski definition) is 2. The van der Waals surface area contributed by atoms with Crippen LogP contribution in [0.4, 0.5) is 0 Å². The van der Waals surface area contributed by atoms with Crippen molar-refractivity contribution in [2.24, 2.45) is 11.7 Å². The van der Waals surface area contributed by atoms with Gasteiger partial charge in [-0.25, -0.2) is 0 Å². The van der Waals surface area contributed by atoms with Crippen molar-refractivity contribution in [1.29, 1.82) is 0 Å². The Morgan fingerprint density at radius 3 is 3.00 bits per heavy atom. The highest BCUT2D eigenvalue weighted by Crippen LogP contribution is 2.47. The van der Waals surface area contributed by atoms with E-state index in [0.717, 1.165) is 6.42 Å². The van der Waals surface area contributed by atoms with E-state index in [4.69, 9.17) is 5.73 Å². The third-order valence-electron chi connectivity index (χ3n) is 3.77. The van der Waals surface area contributed by atoms with Gasteiger partial charge in [-0.3, -0.25) is 9.59 Å². The molecule has 3 N–H and O–H groups in total. The molecule has 0 aromatic rings. The predicted molar refractivity (Wildman–Crippen MR) is 79.2 cm³/mol. The molecule has 2 heterocycles. The Morgan fingerprint density at radius 2 is 2.37 bits per heavy atom. The van der Waals surface area contributed by atoms with Crippen molar-refractivity contribution in [3.8, 4) is 0 Å². The van der Waals surface area contributed by atoms with Crippen molar-refractivity contribution < 1.29 is 9.59 Å². The summed E-state index contributed by atoms with van der Waals surface area (Å²) in [5.41, 5.74) is 5.52. The molecule has 2 fully saturated rings. The molecule has 0 saturated carbocycles. The van der Waals surface area contributed by atoms with Crippen LogP contribution in [0.2, 0.25) is 0 Å². The number of amides is 2. The van der Waals surface area contributed by atoms with Crippen LogP contribution in [0.3, 0.4) is 0 Å². The number of halogens is 1. The summed E-state index contributed by atoms with van der Waals surface area (Å²) < 4.78 is 0. The molecule has 0 aromatic carbocycles. The van der Waals surface area contributed by atoms with Gasteiger partial charge in [0.15, 0.2) is 0 Å². The second-order valence-electron chi connectivity index (χ2n) is 5.35. The first-order valence-electron chi connectivity index (χ1n) is 6.42. The fourth-order valence-electron chi connectivity index (χ4n) is 2.49. The maximum atomic E-state index is 12.1. The summed E-state index contributed by atoms with van der Waals surface area (Å²) >= 11 is 1.72. The van der Waals surface area contributed by atoms with E-state index in [1.165, 1.54) is 0 Å². The summed E-state index contributed by atoms with van der Waals surface area (Å²) in [6, 6.07) is -0.306. The maximum Gasteiger partial charge on any atom is 0.243 e. The minimum Gasteiger partial charge on any atom is -0.354 e. The zero-order chi connectivity index (χ0) is 13.3. The van der Waals surface area contributed by atoms with Gasteiger partial charge in [-0.05, 0) is 25.8 Å². The second-order valence-corrected chi connectivity index (χ2v) is 6.85. The summed E-state index contributed by atoms with van der Waals surface area (Å²) in [4.78, 5) is 25.6. The maximum absolute atomic E-state index is 12.1. The molecule has 3 unspecified atom stereocenters. The lowest BCUT2D eigenvalue weighted by Gasteiger charge is -2.30. The van der Waals surface area contributed by atoms with Gasteiger partial charge in [0.2, 0.25) is 11.8 Å². The van der Waals surface area contributed by atoms with E-state index in [9.17, 15) is 9.59 Å². The van der Waals surface area contributed by atoms with Crippen molar-refractivity contribution in [2.75, 3.05) is 18.8 Å². The van der Waals surface area contributed by atoms with Crippen LogP contribution in [0, 0.1) is 5.92 Å². The molecule has 0 spiro atoms. The normalized spacial score (nSPS) is 30.8. The van der Waals surface area contributed by atoms with Crippen LogP contribution in [0.15, 0.2) is 0 Å². The average molecular weight is 308 g/mol. The van der Waals surface area contributed by atoms with Gasteiger partial charge in [-0.15, -0.1) is 24.2 Å². The lowest BCUT2D eigenvalue weighted by Crippen LogP contribution is -2.50. The molecule has 19 heavy (non-hydrogen) atoms. The van der Waals surface area contributed by atoms with Crippen LogP contribution in [-0.2, 0) is 9.59 Å². The van der Waals surface area contributed by atoms with E-state index in [0.29, 0.717) is 25.3 Å². The van der Waals surface area contributed by atoms with Crippen molar-refractivity contribution in [3.05, 3.63) is 0 Å². The molecule has 110 valence electrons. The highest BCUT2D eigenvalue weighted by Gasteiger charge is 2.52. The van der Waals surface area contributed by atoms with E-state index in [1.54, 1.807) is 16.7 Å². The third-order valence-corrected chi connectivity index (χ3v) is 5.28. The number of thioether (sulfide) groups is 1. The third kappa shape index (κ3) is 3.17. The Hall–Kier alpha value is -0.460. The molecule has 0 bridgehead atoms. The van der Waals surface area contributed by atoms with Gasteiger partial charge < -0.3 is 16.0 Å². The fraction of sp³-hybridized carbons (Fsp3) is 0.833. The van der Waals surface area contributed by atoms with Crippen LogP contribution in [0.25, 0.3) is 0 Å². The molecule has 2 rings (SSSR count). The molecule has 5 nitrogen and oxygen atoms in total. The minimum absolute atomic E-state index is 0. The standard InChI is InChI=1S/C12H21N3O2S.ClH/c1-8(5-13)6-14-11(17)9-7-18-12(2)4-3-10(16)15(9)12;/h8-9H,3-7,13H2,1-2H3,(H,14,17);1H. The lowest BCUT2D eigenvalue weighted by atomic mass is 10.1. The summed E-state index contributed by atoms with van der Waals surface area (Å²) in [5.74, 6) is 1.03. The minimum atomic E-state index is -0.306. The molecule has 2 saturated heterocycles. The topological polar surface area (TPSA) is 75.4 Å². The summed E-state index contributed by atoms with van der Waals surface area (Å²) in [6.45, 7) is 5.18. The van der Waals surface area contributed by atoms with Crippen molar-refractivity contribution in [3.63, 3.8) is 0 Å². The van der Waals surface area contributed by atoms with Crippen molar-refractivity contribution in [1.82, 2.24) is 10.2 Å². The number of nitrogens with one attached hydrogen (secondary N) is 1. The number of rotatable bonds is 4. The Balaban J connectivity index is 0.00000180. The molecule has 0 aromatic heterocycles. The zero-order valence-corrected chi connectivity index (χ0v) is 13.0. The molecular weight excluding hydrogens is 286 g/mol. The number of carbonyl (C=O) groups excluding carboxylic acids is 2. The lowest BCUT2D eigenvalue weighted by molar-refractivity contribution is -0.138. The predicted octanol–water partition coefficient (Wildman–Crippen LogP) is 0.573. The van der Waals surface area contributed by atoms with Crippen LogP contribution in [0.1, 0.15) is 26.7 Å². The van der Waals surface area contributed by atoms with E-state index in [-0.39, 0.29) is 41.1 Å². The van der Waals surface area contributed by atoms with Gasteiger partial charge >= 0.3 is 0 Å². The Kier molecular flexibility index (Phi) is 5.53. The number of fused-ring (bicyclic) bond motifs is 1. The largest absolute Gasteiger partial charge is 0.354 e. The average Bonchev–Trinajstić information content (AvgIpc) is 2.83. The molecule has 2 amide bonds. The quantitative estimate of drug-likeness (QED) is 0.796. The Morgan fingerprint density at radius 1 is 1.68 bits per heavy atom. The smallest absolute Gasteiger partial charge is 0.243 e. The van der Waals surface area contributed by atoms with Gasteiger partial charge in [0.1, 0.15) is 6.04 Å². The SMILES string of the molecule is CC(CN)CNC(=O)C1CSC2(C)CCC(=O)N12.Cl. The first-order chi connectivity index (χ1) is 8.48. The van der Waals surface area contributed by atoms with Crippen molar-refractivity contribution in [2.45, 2.75) is 37.6 Å². The van der Waals surface area contributed by atoms with Crippen molar-refractivity contribution >= 4 is 36.0 Å². The van der Waals surface area contributed by atoms with Gasteiger partial charge in [0.25, 0.3) is 0 Å². The molecular formula is C12H22ClN3O2S. The second kappa shape index (κ2) is 6.33.